The molecule has 0 spiro atoms. The fourth-order valence-corrected chi connectivity index (χ4v) is 5.66. The summed E-state index contributed by atoms with van der Waals surface area (Å²) >= 11 is 7.37. The van der Waals surface area contributed by atoms with Gasteiger partial charge < -0.3 is 15.4 Å². The summed E-state index contributed by atoms with van der Waals surface area (Å²) in [6.45, 7) is 0.000241. The Morgan fingerprint density at radius 2 is 1.94 bits per heavy atom. The summed E-state index contributed by atoms with van der Waals surface area (Å²) in [5.41, 5.74) is 0.965. The van der Waals surface area contributed by atoms with E-state index in [-0.39, 0.29) is 30.6 Å². The number of nitrogens with zero attached hydrogens (tertiary/aromatic N) is 1. The van der Waals surface area contributed by atoms with E-state index < -0.39 is 23.4 Å². The van der Waals surface area contributed by atoms with E-state index in [2.05, 4.69) is 15.6 Å². The molecule has 1 aromatic heterocycles. The zero-order chi connectivity index (χ0) is 24.4. The molecule has 3 unspecified atom stereocenters. The first-order valence-corrected chi connectivity index (χ1v) is 12.7. The monoisotopic (exact) mass is 509 g/mol. The summed E-state index contributed by atoms with van der Waals surface area (Å²) in [6.07, 6.45) is 1.97. The third-order valence-corrected chi connectivity index (χ3v) is 7.72. The van der Waals surface area contributed by atoms with E-state index in [1.54, 1.807) is 17.5 Å². The second kappa shape index (κ2) is 9.89. The van der Waals surface area contributed by atoms with Gasteiger partial charge in [-0.15, -0.1) is 11.3 Å². The number of hydrogen-bond donors (Lipinski definition) is 2. The van der Waals surface area contributed by atoms with Gasteiger partial charge in [0.2, 0.25) is 5.91 Å². The molecule has 2 aliphatic rings. The molecule has 2 N–H and O–H groups in total. The summed E-state index contributed by atoms with van der Waals surface area (Å²) in [6, 6.07) is 15.8. The van der Waals surface area contributed by atoms with Crippen LogP contribution >= 0.6 is 22.9 Å². The van der Waals surface area contributed by atoms with Crippen molar-refractivity contribution in [2.24, 2.45) is 0 Å². The second-order valence-corrected chi connectivity index (χ2v) is 10.1. The Kier molecular flexibility index (Phi) is 6.69. The molecule has 7 nitrogen and oxygen atoms in total. The smallest absolute Gasteiger partial charge is 0.271 e. The van der Waals surface area contributed by atoms with E-state index in [9.17, 15) is 14.4 Å². The molecular weight excluding hydrogens is 486 g/mol. The largest absolute Gasteiger partial charge is 0.367 e. The number of amides is 2. The lowest BCUT2D eigenvalue weighted by molar-refractivity contribution is -0.131. The molecule has 1 aliphatic heterocycles. The van der Waals surface area contributed by atoms with Crippen LogP contribution in [-0.2, 0) is 20.7 Å². The Hall–Kier alpha value is -3.07. The number of ketones is 1. The lowest BCUT2D eigenvalue weighted by Gasteiger charge is -2.30. The third-order valence-electron chi connectivity index (χ3n) is 6.58. The zero-order valence-electron chi connectivity index (χ0n) is 18.8. The molecule has 2 heterocycles. The summed E-state index contributed by atoms with van der Waals surface area (Å²) < 4.78 is 5.62. The topological polar surface area (TPSA) is 97.4 Å². The van der Waals surface area contributed by atoms with Crippen molar-refractivity contribution in [3.05, 3.63) is 76.3 Å². The van der Waals surface area contributed by atoms with Gasteiger partial charge >= 0.3 is 0 Å². The molecule has 35 heavy (non-hydrogen) atoms. The molecule has 1 saturated heterocycles. The highest BCUT2D eigenvalue weighted by Gasteiger charge is 2.55. The molecule has 0 radical (unpaired) electrons. The standard InChI is InChI=1S/C26H24ClN3O4S/c27-18-10-8-16(9-11-18)13-19(24(33)30-26-12-4-7-22(26)34-14-21(26)31)28-23(32)20-15-35-25(29-20)17-5-2-1-3-6-17/h1-3,5-6,8-11,15,19,22H,4,7,12-14H2,(H,28,32)(H,30,33). The van der Waals surface area contributed by atoms with Gasteiger partial charge in [-0.05, 0) is 37.0 Å². The van der Waals surface area contributed by atoms with E-state index in [1.165, 1.54) is 11.3 Å². The van der Waals surface area contributed by atoms with Crippen molar-refractivity contribution in [2.75, 3.05) is 6.61 Å². The van der Waals surface area contributed by atoms with E-state index >= 15 is 0 Å². The number of carbonyl (C=O) groups is 3. The van der Waals surface area contributed by atoms with Crippen molar-refractivity contribution >= 4 is 40.5 Å². The molecule has 2 amide bonds. The van der Waals surface area contributed by atoms with Gasteiger partial charge in [-0.2, -0.15) is 0 Å². The third kappa shape index (κ3) is 4.87. The Balaban J connectivity index is 1.36. The number of rotatable bonds is 7. The van der Waals surface area contributed by atoms with Crippen LogP contribution in [0.2, 0.25) is 5.02 Å². The van der Waals surface area contributed by atoms with E-state index in [1.807, 2.05) is 42.5 Å². The van der Waals surface area contributed by atoms with Crippen LogP contribution in [0.25, 0.3) is 10.6 Å². The summed E-state index contributed by atoms with van der Waals surface area (Å²) in [7, 11) is 0. The lowest BCUT2D eigenvalue weighted by atomic mass is 9.91. The predicted octanol–water partition coefficient (Wildman–Crippen LogP) is 3.81. The van der Waals surface area contributed by atoms with E-state index in [0.717, 1.165) is 29.0 Å². The highest BCUT2D eigenvalue weighted by Crippen LogP contribution is 2.38. The minimum absolute atomic E-state index is 0.000241. The number of fused-ring (bicyclic) bond motifs is 1. The molecule has 9 heteroatoms. The number of halogens is 1. The molecule has 3 aromatic rings. The Bertz CT molecular complexity index is 1250. The molecule has 1 saturated carbocycles. The van der Waals surface area contributed by atoms with E-state index in [4.69, 9.17) is 16.3 Å². The highest BCUT2D eigenvalue weighted by molar-refractivity contribution is 7.13. The average molecular weight is 510 g/mol. The van der Waals surface area contributed by atoms with Crippen molar-refractivity contribution < 1.29 is 19.1 Å². The molecule has 2 fully saturated rings. The molecule has 0 bridgehead atoms. The number of ether oxygens (including phenoxy) is 1. The summed E-state index contributed by atoms with van der Waals surface area (Å²) in [5, 5.41) is 8.76. The van der Waals surface area contributed by atoms with Crippen LogP contribution in [0.4, 0.5) is 0 Å². The number of thiazole rings is 1. The Morgan fingerprint density at radius 1 is 1.17 bits per heavy atom. The van der Waals surface area contributed by atoms with Gasteiger partial charge in [0.05, 0.1) is 6.10 Å². The van der Waals surface area contributed by atoms with Gasteiger partial charge in [0.25, 0.3) is 5.91 Å². The van der Waals surface area contributed by atoms with Gasteiger partial charge in [-0.1, -0.05) is 54.1 Å². The van der Waals surface area contributed by atoms with Crippen LogP contribution in [0.15, 0.2) is 60.0 Å². The number of benzene rings is 2. The Labute approximate surface area is 211 Å². The van der Waals surface area contributed by atoms with Crippen molar-refractivity contribution in [1.82, 2.24) is 15.6 Å². The summed E-state index contributed by atoms with van der Waals surface area (Å²) in [5.74, 6) is -0.985. The molecule has 3 atom stereocenters. The van der Waals surface area contributed by atoms with Gasteiger partial charge in [-0.25, -0.2) is 4.98 Å². The maximum Gasteiger partial charge on any atom is 0.271 e. The van der Waals surface area contributed by atoms with Crippen LogP contribution < -0.4 is 10.6 Å². The minimum Gasteiger partial charge on any atom is -0.367 e. The van der Waals surface area contributed by atoms with Crippen molar-refractivity contribution in [2.45, 2.75) is 43.4 Å². The van der Waals surface area contributed by atoms with Gasteiger partial charge in [-0.3, -0.25) is 14.4 Å². The maximum absolute atomic E-state index is 13.5. The van der Waals surface area contributed by atoms with Crippen LogP contribution in [0.1, 0.15) is 35.3 Å². The first-order valence-electron chi connectivity index (χ1n) is 11.5. The molecular formula is C26H24ClN3O4S. The van der Waals surface area contributed by atoms with E-state index in [0.29, 0.717) is 11.4 Å². The number of nitrogens with one attached hydrogen (secondary N) is 2. The van der Waals surface area contributed by atoms with Crippen LogP contribution in [-0.4, -0.2) is 46.9 Å². The highest BCUT2D eigenvalue weighted by atomic mass is 35.5. The lowest BCUT2D eigenvalue weighted by Crippen LogP contribution is -2.60. The van der Waals surface area contributed by atoms with Crippen LogP contribution in [0, 0.1) is 0 Å². The fraction of sp³-hybridized carbons (Fsp3) is 0.308. The van der Waals surface area contributed by atoms with Crippen molar-refractivity contribution in [3.63, 3.8) is 0 Å². The number of hydrogen-bond acceptors (Lipinski definition) is 6. The quantitative estimate of drug-likeness (QED) is 0.505. The first kappa shape index (κ1) is 23.7. The fourth-order valence-electron chi connectivity index (χ4n) is 4.73. The number of aromatic nitrogens is 1. The normalized spacial score (nSPS) is 22.0. The zero-order valence-corrected chi connectivity index (χ0v) is 20.4. The maximum atomic E-state index is 13.5. The minimum atomic E-state index is -1.01. The van der Waals surface area contributed by atoms with Crippen molar-refractivity contribution in [1.29, 1.82) is 0 Å². The molecule has 2 aromatic carbocycles. The number of Topliss-reactive ketones (excluding diaryl/α,β-unsaturated/α-hetero) is 1. The molecule has 180 valence electrons. The second-order valence-electron chi connectivity index (χ2n) is 8.84. The Morgan fingerprint density at radius 3 is 2.71 bits per heavy atom. The van der Waals surface area contributed by atoms with Crippen molar-refractivity contribution in [3.8, 4) is 10.6 Å². The van der Waals surface area contributed by atoms with Gasteiger partial charge in [0.15, 0.2) is 5.78 Å². The SMILES string of the molecule is O=C(NC(Cc1ccc(Cl)cc1)C(=O)NC12CCCC1OCC2=O)c1csc(-c2ccccc2)n1. The molecule has 5 rings (SSSR count). The predicted molar refractivity (Wildman–Crippen MR) is 133 cm³/mol. The van der Waals surface area contributed by atoms with Crippen LogP contribution in [0.3, 0.4) is 0 Å². The van der Waals surface area contributed by atoms with Crippen LogP contribution in [0.5, 0.6) is 0 Å². The molecule has 1 aliphatic carbocycles. The van der Waals surface area contributed by atoms with Gasteiger partial charge in [0.1, 0.15) is 28.9 Å². The summed E-state index contributed by atoms with van der Waals surface area (Å²) in [4.78, 5) is 43.7. The van der Waals surface area contributed by atoms with Gasteiger partial charge in [0, 0.05) is 22.4 Å². The average Bonchev–Trinajstić information content (AvgIpc) is 3.58. The number of carbonyl (C=O) groups excluding carboxylic acids is 3. The first-order chi connectivity index (χ1) is 16.9.